The molecule has 2 heteroatoms. The van der Waals surface area contributed by atoms with Gasteiger partial charge in [0.15, 0.2) is 0 Å². The molecule has 0 radical (unpaired) electrons. The van der Waals surface area contributed by atoms with Gasteiger partial charge < -0.3 is 5.32 Å². The van der Waals surface area contributed by atoms with Crippen molar-refractivity contribution in [3.8, 4) is 0 Å². The molecular weight excluding hydrogens is 136 g/mol. The Kier molecular flexibility index (Phi) is 3.87. The Hall–Kier alpha value is -0.0800. The van der Waals surface area contributed by atoms with E-state index in [1.807, 2.05) is 0 Å². The van der Waals surface area contributed by atoms with Crippen molar-refractivity contribution >= 4 is 0 Å². The van der Waals surface area contributed by atoms with Crippen LogP contribution in [0.5, 0.6) is 0 Å². The molecule has 1 saturated heterocycles. The third-order valence-electron chi connectivity index (χ3n) is 2.39. The molecule has 2 nitrogen and oxygen atoms in total. The standard InChI is InChI=1S/C9H20N2/c1-3-8-11(4-2)9-6-5-7-10-9/h9-10H,3-8H2,1-2H3. The summed E-state index contributed by atoms with van der Waals surface area (Å²) in [5.41, 5.74) is 0. The van der Waals surface area contributed by atoms with Gasteiger partial charge in [0, 0.05) is 0 Å². The van der Waals surface area contributed by atoms with Gasteiger partial charge in [-0.05, 0) is 38.9 Å². The maximum Gasteiger partial charge on any atom is 0.0597 e. The number of hydrogen-bond donors (Lipinski definition) is 1. The van der Waals surface area contributed by atoms with Gasteiger partial charge in [-0.25, -0.2) is 0 Å². The van der Waals surface area contributed by atoms with E-state index in [0.29, 0.717) is 6.17 Å². The molecule has 1 heterocycles. The van der Waals surface area contributed by atoms with Gasteiger partial charge >= 0.3 is 0 Å². The van der Waals surface area contributed by atoms with Crippen LogP contribution in [0.15, 0.2) is 0 Å². The van der Waals surface area contributed by atoms with Crippen LogP contribution in [-0.2, 0) is 0 Å². The van der Waals surface area contributed by atoms with Crippen molar-refractivity contribution in [3.05, 3.63) is 0 Å². The molecule has 0 aromatic heterocycles. The van der Waals surface area contributed by atoms with Gasteiger partial charge in [-0.1, -0.05) is 13.8 Å². The highest BCUT2D eigenvalue weighted by molar-refractivity contribution is 4.74. The highest BCUT2D eigenvalue weighted by Gasteiger charge is 2.19. The second-order valence-corrected chi connectivity index (χ2v) is 3.24. The number of rotatable bonds is 4. The first-order valence-corrected chi connectivity index (χ1v) is 4.86. The van der Waals surface area contributed by atoms with Crippen LogP contribution in [0.2, 0.25) is 0 Å². The van der Waals surface area contributed by atoms with Gasteiger partial charge in [0.25, 0.3) is 0 Å². The summed E-state index contributed by atoms with van der Waals surface area (Å²) >= 11 is 0. The zero-order valence-corrected chi connectivity index (χ0v) is 7.77. The lowest BCUT2D eigenvalue weighted by atomic mass is 10.3. The van der Waals surface area contributed by atoms with Gasteiger partial charge in [0.05, 0.1) is 6.17 Å². The third kappa shape index (κ3) is 2.46. The molecule has 1 unspecified atom stereocenters. The van der Waals surface area contributed by atoms with E-state index in [4.69, 9.17) is 0 Å². The van der Waals surface area contributed by atoms with Crippen LogP contribution in [-0.4, -0.2) is 30.7 Å². The van der Waals surface area contributed by atoms with E-state index < -0.39 is 0 Å². The van der Waals surface area contributed by atoms with Gasteiger partial charge in [-0.3, -0.25) is 4.90 Å². The van der Waals surface area contributed by atoms with E-state index in [9.17, 15) is 0 Å². The van der Waals surface area contributed by atoms with Crippen LogP contribution in [0.25, 0.3) is 0 Å². The molecular formula is C9H20N2. The van der Waals surface area contributed by atoms with Gasteiger partial charge in [-0.2, -0.15) is 0 Å². The van der Waals surface area contributed by atoms with E-state index in [0.717, 1.165) is 0 Å². The summed E-state index contributed by atoms with van der Waals surface area (Å²) in [5, 5.41) is 3.52. The molecule has 0 saturated carbocycles. The van der Waals surface area contributed by atoms with Crippen molar-refractivity contribution < 1.29 is 0 Å². The first-order chi connectivity index (χ1) is 5.38. The largest absolute Gasteiger partial charge is 0.302 e. The Bertz CT molecular complexity index is 97.7. The average molecular weight is 156 g/mol. The van der Waals surface area contributed by atoms with E-state index in [2.05, 4.69) is 24.1 Å². The minimum absolute atomic E-state index is 0.681. The summed E-state index contributed by atoms with van der Waals surface area (Å²) in [6, 6.07) is 0. The minimum Gasteiger partial charge on any atom is -0.302 e. The molecule has 1 fully saturated rings. The first-order valence-electron chi connectivity index (χ1n) is 4.86. The summed E-state index contributed by atoms with van der Waals surface area (Å²) < 4.78 is 0. The fourth-order valence-electron chi connectivity index (χ4n) is 1.80. The first kappa shape index (κ1) is 9.01. The Balaban J connectivity index is 2.27. The lowest BCUT2D eigenvalue weighted by molar-refractivity contribution is 0.191. The Morgan fingerprint density at radius 3 is 2.73 bits per heavy atom. The Morgan fingerprint density at radius 2 is 2.27 bits per heavy atom. The predicted octanol–water partition coefficient (Wildman–Crippen LogP) is 1.43. The van der Waals surface area contributed by atoms with E-state index in [1.165, 1.54) is 38.9 Å². The van der Waals surface area contributed by atoms with Crippen molar-refractivity contribution in [2.24, 2.45) is 0 Å². The SMILES string of the molecule is CCCN(CC)C1CCCN1. The maximum atomic E-state index is 3.52. The zero-order valence-electron chi connectivity index (χ0n) is 7.77. The molecule has 1 rings (SSSR count). The van der Waals surface area contributed by atoms with Gasteiger partial charge in [0.1, 0.15) is 0 Å². The molecule has 0 aliphatic carbocycles. The van der Waals surface area contributed by atoms with Crippen molar-refractivity contribution in [2.75, 3.05) is 19.6 Å². The normalized spacial score (nSPS) is 24.8. The molecule has 66 valence electrons. The van der Waals surface area contributed by atoms with Crippen LogP contribution in [0.4, 0.5) is 0 Å². The van der Waals surface area contributed by atoms with Crippen molar-refractivity contribution in [3.63, 3.8) is 0 Å². The molecule has 0 amide bonds. The lowest BCUT2D eigenvalue weighted by Gasteiger charge is -2.26. The van der Waals surface area contributed by atoms with Crippen molar-refractivity contribution in [1.82, 2.24) is 10.2 Å². The van der Waals surface area contributed by atoms with Gasteiger partial charge in [-0.15, -0.1) is 0 Å². The second kappa shape index (κ2) is 4.73. The fourth-order valence-corrected chi connectivity index (χ4v) is 1.80. The molecule has 0 aromatic rings. The summed E-state index contributed by atoms with van der Waals surface area (Å²) in [5.74, 6) is 0. The molecule has 11 heavy (non-hydrogen) atoms. The molecule has 0 bridgehead atoms. The number of nitrogens with one attached hydrogen (secondary N) is 1. The molecule has 1 atom stereocenters. The highest BCUT2D eigenvalue weighted by atomic mass is 15.3. The number of hydrogen-bond acceptors (Lipinski definition) is 2. The summed E-state index contributed by atoms with van der Waals surface area (Å²) in [6.07, 6.45) is 4.64. The monoisotopic (exact) mass is 156 g/mol. The third-order valence-corrected chi connectivity index (χ3v) is 2.39. The molecule has 1 aliphatic heterocycles. The molecule has 1 N–H and O–H groups in total. The van der Waals surface area contributed by atoms with Crippen LogP contribution < -0.4 is 5.32 Å². The quantitative estimate of drug-likeness (QED) is 0.662. The highest BCUT2D eigenvalue weighted by Crippen LogP contribution is 2.09. The summed E-state index contributed by atoms with van der Waals surface area (Å²) in [6.45, 7) is 8.14. The topological polar surface area (TPSA) is 15.3 Å². The summed E-state index contributed by atoms with van der Waals surface area (Å²) in [7, 11) is 0. The fraction of sp³-hybridized carbons (Fsp3) is 1.00. The second-order valence-electron chi connectivity index (χ2n) is 3.24. The minimum atomic E-state index is 0.681. The number of nitrogens with zero attached hydrogens (tertiary/aromatic N) is 1. The van der Waals surface area contributed by atoms with Crippen LogP contribution >= 0.6 is 0 Å². The van der Waals surface area contributed by atoms with Crippen LogP contribution in [0.3, 0.4) is 0 Å². The van der Waals surface area contributed by atoms with Crippen LogP contribution in [0, 0.1) is 0 Å². The predicted molar refractivity (Wildman–Crippen MR) is 48.6 cm³/mol. The molecule has 0 aromatic carbocycles. The van der Waals surface area contributed by atoms with E-state index in [-0.39, 0.29) is 0 Å². The smallest absolute Gasteiger partial charge is 0.0597 e. The van der Waals surface area contributed by atoms with E-state index >= 15 is 0 Å². The van der Waals surface area contributed by atoms with E-state index in [1.54, 1.807) is 0 Å². The zero-order chi connectivity index (χ0) is 8.10. The Labute approximate surface area is 70.0 Å². The molecule has 1 aliphatic rings. The Morgan fingerprint density at radius 1 is 1.45 bits per heavy atom. The maximum absolute atomic E-state index is 3.52. The summed E-state index contributed by atoms with van der Waals surface area (Å²) in [4.78, 5) is 2.53. The lowest BCUT2D eigenvalue weighted by Crippen LogP contribution is -2.42. The van der Waals surface area contributed by atoms with Crippen molar-refractivity contribution in [1.29, 1.82) is 0 Å². The average Bonchev–Trinajstić information content (AvgIpc) is 2.52. The van der Waals surface area contributed by atoms with Crippen molar-refractivity contribution in [2.45, 2.75) is 39.3 Å². The van der Waals surface area contributed by atoms with Gasteiger partial charge in [0.2, 0.25) is 0 Å². The van der Waals surface area contributed by atoms with Crippen LogP contribution in [0.1, 0.15) is 33.1 Å². The molecule has 0 spiro atoms.